The smallest absolute Gasteiger partial charge is 0.251 e. The van der Waals surface area contributed by atoms with E-state index in [4.69, 9.17) is 16.9 Å². The zero-order valence-corrected chi connectivity index (χ0v) is 18.4. The normalized spacial score (nSPS) is 11.8. The van der Waals surface area contributed by atoms with Crippen molar-refractivity contribution in [3.8, 4) is 11.9 Å². The molecule has 0 aliphatic carbocycles. The summed E-state index contributed by atoms with van der Waals surface area (Å²) in [7, 11) is -3.52. The lowest BCUT2D eigenvalue weighted by Crippen LogP contribution is -2.29. The molecule has 3 rings (SSSR count). The number of aromatic nitrogens is 4. The molecule has 0 fully saturated rings. The van der Waals surface area contributed by atoms with Crippen LogP contribution in [0.4, 0.5) is 0 Å². The first kappa shape index (κ1) is 23.3. The average molecular weight is 465 g/mol. The number of hydrogen-bond acceptors (Lipinski definition) is 7. The van der Waals surface area contributed by atoms with Crippen LogP contribution in [0.15, 0.2) is 47.8 Å². The van der Waals surface area contributed by atoms with E-state index in [9.17, 15) is 13.2 Å². The number of nitrogens with one attached hydrogen (secondary N) is 1. The largest absolute Gasteiger partial charge is 0.342 e. The van der Waals surface area contributed by atoms with E-state index in [-0.39, 0.29) is 29.0 Å². The van der Waals surface area contributed by atoms with Gasteiger partial charge in [0.15, 0.2) is 21.5 Å². The van der Waals surface area contributed by atoms with E-state index in [0.29, 0.717) is 17.2 Å². The summed E-state index contributed by atoms with van der Waals surface area (Å²) >= 11 is 5.96. The molecule has 2 aromatic heterocycles. The van der Waals surface area contributed by atoms with E-state index >= 15 is 0 Å². The molecular formula is C18H17ClN6O3S2. The number of nitrogens with zero attached hydrogens (tertiary/aromatic N) is 5. The Hall–Kier alpha value is -2.94. The molecule has 0 saturated carbocycles. The van der Waals surface area contributed by atoms with Gasteiger partial charge in [0.05, 0.1) is 16.5 Å². The number of sulfone groups is 1. The molecule has 1 N–H and O–H groups in total. The minimum Gasteiger partial charge on any atom is -0.342 e. The molecule has 1 atom stereocenters. The first-order valence-corrected chi connectivity index (χ1v) is 10.5. The van der Waals surface area contributed by atoms with Crippen LogP contribution in [-0.4, -0.2) is 40.3 Å². The molecule has 1 amide bonds. The van der Waals surface area contributed by atoms with Gasteiger partial charge in [-0.05, 0) is 37.3 Å². The molecule has 30 heavy (non-hydrogen) atoms. The SMILES string of the molecule is C[C@@H](NC(=O)c1cc(Cl)cc(S(C)(=O)=O)c1)c1ncnn1-c1ccc(C#N)cn1.S. The number of rotatable bonds is 5. The third-order valence-electron chi connectivity index (χ3n) is 3.96. The van der Waals surface area contributed by atoms with E-state index in [2.05, 4.69) is 20.4 Å². The molecule has 0 aliphatic heterocycles. The zero-order chi connectivity index (χ0) is 21.2. The van der Waals surface area contributed by atoms with Crippen molar-refractivity contribution < 1.29 is 13.2 Å². The maximum Gasteiger partial charge on any atom is 0.251 e. The summed E-state index contributed by atoms with van der Waals surface area (Å²) in [6.45, 7) is 1.70. The molecule has 156 valence electrons. The van der Waals surface area contributed by atoms with Crippen molar-refractivity contribution in [1.82, 2.24) is 25.1 Å². The van der Waals surface area contributed by atoms with Crippen LogP contribution < -0.4 is 5.32 Å². The van der Waals surface area contributed by atoms with Crippen LogP contribution in [-0.2, 0) is 9.84 Å². The Kier molecular flexibility index (Phi) is 7.20. The Balaban J connectivity index is 0.00000320. The Labute approximate surface area is 185 Å². The van der Waals surface area contributed by atoms with Gasteiger partial charge in [0.2, 0.25) is 0 Å². The van der Waals surface area contributed by atoms with Crippen molar-refractivity contribution in [2.45, 2.75) is 17.9 Å². The highest BCUT2D eigenvalue weighted by Crippen LogP contribution is 2.20. The monoisotopic (exact) mass is 464 g/mol. The van der Waals surface area contributed by atoms with Crippen LogP contribution in [0, 0.1) is 11.3 Å². The highest BCUT2D eigenvalue weighted by atomic mass is 35.5. The predicted octanol–water partition coefficient (Wildman–Crippen LogP) is 2.19. The summed E-state index contributed by atoms with van der Waals surface area (Å²) in [6.07, 6.45) is 3.76. The lowest BCUT2D eigenvalue weighted by molar-refractivity contribution is 0.0937. The van der Waals surface area contributed by atoms with E-state index in [1.165, 1.54) is 35.4 Å². The number of carbonyl (C=O) groups excluding carboxylic acids is 1. The molecule has 0 radical (unpaired) electrons. The Morgan fingerprint density at radius 1 is 1.27 bits per heavy atom. The van der Waals surface area contributed by atoms with Gasteiger partial charge in [-0.15, -0.1) is 0 Å². The lowest BCUT2D eigenvalue weighted by Gasteiger charge is -2.15. The quantitative estimate of drug-likeness (QED) is 0.612. The second-order valence-electron chi connectivity index (χ2n) is 6.19. The Morgan fingerprint density at radius 3 is 2.60 bits per heavy atom. The summed E-state index contributed by atoms with van der Waals surface area (Å²) in [4.78, 5) is 20.9. The minimum absolute atomic E-state index is 0. The average Bonchev–Trinajstić information content (AvgIpc) is 3.17. The molecule has 0 aliphatic rings. The number of halogens is 1. The van der Waals surface area contributed by atoms with Crippen molar-refractivity contribution in [2.24, 2.45) is 0 Å². The minimum atomic E-state index is -3.52. The molecule has 12 heteroatoms. The van der Waals surface area contributed by atoms with Gasteiger partial charge < -0.3 is 5.32 Å². The number of hydrogen-bond donors (Lipinski definition) is 1. The lowest BCUT2D eigenvalue weighted by atomic mass is 10.2. The molecular weight excluding hydrogens is 448 g/mol. The molecule has 3 aromatic rings. The number of nitriles is 1. The van der Waals surface area contributed by atoms with Crippen molar-refractivity contribution in [3.05, 3.63) is 64.8 Å². The van der Waals surface area contributed by atoms with Crippen LogP contribution >= 0.6 is 25.1 Å². The molecule has 2 heterocycles. The van der Waals surface area contributed by atoms with Gasteiger partial charge in [0.1, 0.15) is 12.4 Å². The van der Waals surface area contributed by atoms with Crippen molar-refractivity contribution in [3.63, 3.8) is 0 Å². The first-order valence-electron chi connectivity index (χ1n) is 8.27. The summed E-state index contributed by atoms with van der Waals surface area (Å²) in [5.41, 5.74) is 0.506. The third kappa shape index (κ3) is 5.15. The van der Waals surface area contributed by atoms with Gasteiger partial charge in [0, 0.05) is 23.0 Å². The second-order valence-corrected chi connectivity index (χ2v) is 8.64. The fraction of sp³-hybridized carbons (Fsp3) is 0.167. The zero-order valence-electron chi connectivity index (χ0n) is 15.9. The summed E-state index contributed by atoms with van der Waals surface area (Å²) in [5, 5.41) is 15.9. The van der Waals surface area contributed by atoms with Crippen molar-refractivity contribution >= 4 is 40.8 Å². The van der Waals surface area contributed by atoms with Crippen LogP contribution in [0.1, 0.15) is 34.7 Å². The predicted molar refractivity (Wildman–Crippen MR) is 115 cm³/mol. The molecule has 0 unspecified atom stereocenters. The molecule has 0 bridgehead atoms. The van der Waals surface area contributed by atoms with E-state index in [1.54, 1.807) is 19.1 Å². The fourth-order valence-electron chi connectivity index (χ4n) is 2.55. The topological polar surface area (TPSA) is 131 Å². The van der Waals surface area contributed by atoms with E-state index < -0.39 is 21.8 Å². The number of carbonyl (C=O) groups is 1. The second kappa shape index (κ2) is 9.25. The van der Waals surface area contributed by atoms with Crippen LogP contribution in [0.5, 0.6) is 0 Å². The molecule has 9 nitrogen and oxygen atoms in total. The van der Waals surface area contributed by atoms with E-state index in [1.807, 2.05) is 6.07 Å². The molecule has 0 spiro atoms. The standard InChI is InChI=1S/C18H15ClN6O3S.H2S/c1-11(17-22-10-23-25(17)16-4-3-12(8-20)9-21-16)24-18(26)13-5-14(19)7-15(6-13)29(2,27)28;/h3-7,9-11H,1-2H3,(H,24,26);1H2/t11-;/m1./s1. The third-order valence-corrected chi connectivity index (χ3v) is 5.27. The summed E-state index contributed by atoms with van der Waals surface area (Å²) in [6, 6.07) is 8.53. The van der Waals surface area contributed by atoms with Gasteiger partial charge in [-0.2, -0.15) is 28.5 Å². The maximum atomic E-state index is 12.6. The number of benzene rings is 1. The Bertz CT molecular complexity index is 1220. The van der Waals surface area contributed by atoms with Gasteiger partial charge in [-0.1, -0.05) is 11.6 Å². The highest BCUT2D eigenvalue weighted by molar-refractivity contribution is 7.90. The summed E-state index contributed by atoms with van der Waals surface area (Å²) < 4.78 is 25.0. The molecule has 1 aromatic carbocycles. The Morgan fingerprint density at radius 2 is 2.00 bits per heavy atom. The fourth-order valence-corrected chi connectivity index (χ4v) is 3.53. The molecule has 0 saturated heterocycles. The van der Waals surface area contributed by atoms with Crippen molar-refractivity contribution in [2.75, 3.05) is 6.26 Å². The van der Waals surface area contributed by atoms with Crippen LogP contribution in [0.2, 0.25) is 5.02 Å². The van der Waals surface area contributed by atoms with Gasteiger partial charge in [-0.25, -0.2) is 18.4 Å². The number of amides is 1. The van der Waals surface area contributed by atoms with Gasteiger partial charge in [0.25, 0.3) is 5.91 Å². The number of pyridine rings is 1. The summed E-state index contributed by atoms with van der Waals surface area (Å²) in [5.74, 6) is 0.313. The highest BCUT2D eigenvalue weighted by Gasteiger charge is 2.20. The van der Waals surface area contributed by atoms with E-state index in [0.717, 1.165) is 6.26 Å². The first-order chi connectivity index (χ1) is 13.7. The van der Waals surface area contributed by atoms with Crippen LogP contribution in [0.25, 0.3) is 5.82 Å². The van der Waals surface area contributed by atoms with Gasteiger partial charge >= 0.3 is 0 Å². The van der Waals surface area contributed by atoms with Gasteiger partial charge in [-0.3, -0.25) is 4.79 Å². The van der Waals surface area contributed by atoms with Crippen LogP contribution in [0.3, 0.4) is 0 Å². The maximum absolute atomic E-state index is 12.6. The van der Waals surface area contributed by atoms with Crippen molar-refractivity contribution in [1.29, 1.82) is 5.26 Å².